The number of nitrogens with zero attached hydrogens (tertiary/aromatic N) is 4. The van der Waals surface area contributed by atoms with E-state index in [-0.39, 0.29) is 29.7 Å². The van der Waals surface area contributed by atoms with Crippen molar-refractivity contribution in [2.45, 2.75) is 31.0 Å². The molecule has 0 saturated heterocycles. The van der Waals surface area contributed by atoms with E-state index in [2.05, 4.69) is 9.80 Å². The van der Waals surface area contributed by atoms with Crippen LogP contribution in [0.4, 0.5) is 5.69 Å². The van der Waals surface area contributed by atoms with Crippen molar-refractivity contribution in [3.63, 3.8) is 0 Å². The largest absolute Gasteiger partial charge is 0.506 e. The van der Waals surface area contributed by atoms with E-state index in [1.54, 1.807) is 46.4 Å². The Morgan fingerprint density at radius 2 is 1.70 bits per heavy atom. The van der Waals surface area contributed by atoms with E-state index >= 15 is 0 Å². The molecule has 2 fully saturated rings. The summed E-state index contributed by atoms with van der Waals surface area (Å²) in [7, 11) is 12.7. The number of aromatic hydroxyl groups is 1. The standard InChI is InChI=1S/C33H43N5O8/c1-35(2)10-11-38(7)15-17-8-9-22(46-17)19-14-21(36(3)4)18-12-16-13-20-26(37(5)6)29(41)25(32(34)44)31(43)33(20,45)30(42)23(16)28(40)24(18)27(19)39/h8-9,14,16,20,23,25-26,39,45H,10-13,15H2,1-7H3,(H2,34,44)/t16-,20-,23?,25?,26-,33-/m0/s1. The van der Waals surface area contributed by atoms with Gasteiger partial charge in [0.2, 0.25) is 5.91 Å². The van der Waals surface area contributed by atoms with Gasteiger partial charge in [0, 0.05) is 38.8 Å². The molecule has 5 rings (SSSR count). The number of fused-ring (bicyclic) bond motifs is 3. The van der Waals surface area contributed by atoms with Crippen LogP contribution in [0.2, 0.25) is 0 Å². The number of anilines is 1. The molecular formula is C33H43N5O8. The highest BCUT2D eigenvalue weighted by molar-refractivity contribution is 6.32. The van der Waals surface area contributed by atoms with Crippen LogP contribution in [0, 0.1) is 23.7 Å². The molecular weight excluding hydrogens is 594 g/mol. The lowest BCUT2D eigenvalue weighted by Gasteiger charge is -2.52. The first-order valence-corrected chi connectivity index (χ1v) is 15.3. The average Bonchev–Trinajstić information content (AvgIpc) is 3.41. The number of aliphatic hydroxyl groups is 1. The smallest absolute Gasteiger partial charge is 0.235 e. The van der Waals surface area contributed by atoms with Gasteiger partial charge in [-0.05, 0) is 77.8 Å². The Balaban J connectivity index is 1.57. The van der Waals surface area contributed by atoms with Gasteiger partial charge in [-0.3, -0.25) is 33.8 Å². The summed E-state index contributed by atoms with van der Waals surface area (Å²) in [6.45, 7) is 2.19. The van der Waals surface area contributed by atoms with Crippen molar-refractivity contribution >= 4 is 34.7 Å². The predicted molar refractivity (Wildman–Crippen MR) is 168 cm³/mol. The zero-order chi connectivity index (χ0) is 34.0. The first kappa shape index (κ1) is 33.5. The molecule has 0 bridgehead atoms. The van der Waals surface area contributed by atoms with E-state index in [0.717, 1.165) is 13.1 Å². The molecule has 2 unspecified atom stereocenters. The summed E-state index contributed by atoms with van der Waals surface area (Å²) in [6, 6.07) is 4.12. The molecule has 13 heteroatoms. The number of phenolic OH excluding ortho intramolecular Hbond substituents is 1. The fourth-order valence-electron chi connectivity index (χ4n) is 7.56. The van der Waals surface area contributed by atoms with Crippen molar-refractivity contribution in [2.24, 2.45) is 29.4 Å². The molecule has 2 saturated carbocycles. The second-order valence-corrected chi connectivity index (χ2v) is 13.6. The van der Waals surface area contributed by atoms with Gasteiger partial charge in [0.1, 0.15) is 17.3 Å². The Bertz CT molecular complexity index is 1610. The highest BCUT2D eigenvalue weighted by atomic mass is 16.3. The van der Waals surface area contributed by atoms with E-state index in [1.807, 2.05) is 26.0 Å². The van der Waals surface area contributed by atoms with Crippen molar-refractivity contribution in [2.75, 3.05) is 67.3 Å². The summed E-state index contributed by atoms with van der Waals surface area (Å²) in [6.07, 6.45) is 0.162. The van der Waals surface area contributed by atoms with Crippen molar-refractivity contribution in [1.29, 1.82) is 0 Å². The summed E-state index contributed by atoms with van der Waals surface area (Å²) >= 11 is 0. The number of furan rings is 1. The van der Waals surface area contributed by atoms with E-state index < -0.39 is 64.4 Å². The molecule has 1 heterocycles. The number of hydrogen-bond donors (Lipinski definition) is 3. The molecule has 0 aliphatic heterocycles. The number of nitrogens with two attached hydrogens (primary N) is 1. The number of Topliss-reactive ketones (excluding diaryl/α,β-unsaturated/α-hetero) is 4. The Morgan fingerprint density at radius 3 is 2.28 bits per heavy atom. The van der Waals surface area contributed by atoms with Gasteiger partial charge in [0.25, 0.3) is 0 Å². The second kappa shape index (κ2) is 12.0. The number of ketones is 4. The lowest BCUT2D eigenvalue weighted by atomic mass is 9.52. The molecule has 1 aromatic heterocycles. The fourth-order valence-corrected chi connectivity index (χ4v) is 7.56. The SMILES string of the molecule is CN(C)CCN(C)Cc1ccc(-c2cc(N(C)C)c3c(c2O)C(=O)C2C(=O)[C@]4(O)C(=O)C(C(N)=O)C(=O)[C@@H](N(C)C)[C@@H]4C[C@@H]2C3)o1. The Morgan fingerprint density at radius 1 is 1.02 bits per heavy atom. The number of primary amides is 1. The molecule has 13 nitrogen and oxygen atoms in total. The highest BCUT2D eigenvalue weighted by Gasteiger charge is 2.69. The van der Waals surface area contributed by atoms with E-state index in [9.17, 15) is 34.2 Å². The Labute approximate surface area is 267 Å². The topological polar surface area (TPSA) is 178 Å². The van der Waals surface area contributed by atoms with Crippen LogP contribution < -0.4 is 10.6 Å². The lowest BCUT2D eigenvalue weighted by molar-refractivity contribution is -0.181. The number of benzene rings is 1. The van der Waals surface area contributed by atoms with Crippen molar-refractivity contribution in [1.82, 2.24) is 14.7 Å². The molecule has 1 amide bonds. The Kier molecular flexibility index (Phi) is 8.75. The van der Waals surface area contributed by atoms with Gasteiger partial charge < -0.3 is 30.2 Å². The fraction of sp³-hybridized carbons (Fsp3) is 0.545. The number of rotatable bonds is 9. The quantitative estimate of drug-likeness (QED) is 0.319. The normalized spacial score (nSPS) is 27.7. The van der Waals surface area contributed by atoms with E-state index in [4.69, 9.17) is 10.2 Å². The maximum absolute atomic E-state index is 14.3. The summed E-state index contributed by atoms with van der Waals surface area (Å²) in [5.74, 6) is -9.84. The summed E-state index contributed by atoms with van der Waals surface area (Å²) < 4.78 is 6.12. The first-order valence-electron chi connectivity index (χ1n) is 15.3. The third-order valence-corrected chi connectivity index (χ3v) is 9.80. The van der Waals surface area contributed by atoms with Crippen molar-refractivity contribution in [3.05, 3.63) is 35.1 Å². The van der Waals surface area contributed by atoms with Crippen LogP contribution in [-0.2, 0) is 32.1 Å². The molecule has 1 aromatic carbocycles. The van der Waals surface area contributed by atoms with Crippen molar-refractivity contribution in [3.8, 4) is 17.1 Å². The van der Waals surface area contributed by atoms with Crippen LogP contribution in [0.3, 0.4) is 0 Å². The van der Waals surface area contributed by atoms with Gasteiger partial charge in [0.15, 0.2) is 34.7 Å². The Hall–Kier alpha value is -3.91. The molecule has 46 heavy (non-hydrogen) atoms. The van der Waals surface area contributed by atoms with Crippen LogP contribution in [0.5, 0.6) is 5.75 Å². The van der Waals surface area contributed by atoms with Crippen LogP contribution in [0.1, 0.15) is 28.1 Å². The first-order chi connectivity index (χ1) is 21.5. The second-order valence-electron chi connectivity index (χ2n) is 13.6. The minimum atomic E-state index is -2.77. The van der Waals surface area contributed by atoms with Gasteiger partial charge in [0.05, 0.1) is 29.6 Å². The zero-order valence-corrected chi connectivity index (χ0v) is 27.4. The van der Waals surface area contributed by atoms with Crippen molar-refractivity contribution < 1.29 is 38.6 Å². The van der Waals surface area contributed by atoms with Crippen LogP contribution in [0.15, 0.2) is 22.6 Å². The number of phenols is 1. The van der Waals surface area contributed by atoms with Gasteiger partial charge in [-0.1, -0.05) is 0 Å². The molecule has 248 valence electrons. The van der Waals surface area contributed by atoms with Gasteiger partial charge in [-0.2, -0.15) is 0 Å². The number of hydrogen-bond acceptors (Lipinski definition) is 12. The highest BCUT2D eigenvalue weighted by Crippen LogP contribution is 2.53. The van der Waals surface area contributed by atoms with E-state index in [0.29, 0.717) is 29.3 Å². The monoisotopic (exact) mass is 637 g/mol. The summed E-state index contributed by atoms with van der Waals surface area (Å²) in [5.41, 5.74) is 3.98. The molecule has 4 N–H and O–H groups in total. The maximum atomic E-state index is 14.3. The number of amides is 1. The minimum absolute atomic E-state index is 0.0117. The predicted octanol–water partition coefficient (Wildman–Crippen LogP) is 0.186. The molecule has 3 aliphatic rings. The van der Waals surface area contributed by atoms with Crippen LogP contribution >= 0.6 is 0 Å². The molecule has 0 radical (unpaired) electrons. The lowest BCUT2D eigenvalue weighted by Crippen LogP contribution is -2.74. The molecule has 6 atom stereocenters. The van der Waals surface area contributed by atoms with Crippen LogP contribution in [0.25, 0.3) is 11.3 Å². The maximum Gasteiger partial charge on any atom is 0.235 e. The molecule has 2 aromatic rings. The summed E-state index contributed by atoms with van der Waals surface area (Å²) in [5, 5.41) is 23.5. The van der Waals surface area contributed by atoms with Gasteiger partial charge in [-0.15, -0.1) is 0 Å². The third kappa shape index (κ3) is 5.24. The molecule has 0 spiro atoms. The molecule has 3 aliphatic carbocycles. The number of likely N-dealkylation sites (N-methyl/N-ethyl adjacent to an activating group) is 3. The van der Waals surface area contributed by atoms with Crippen LogP contribution in [-0.4, -0.2) is 128 Å². The zero-order valence-electron chi connectivity index (χ0n) is 27.4. The number of carbonyl (C=O) groups is 5. The van der Waals surface area contributed by atoms with Gasteiger partial charge in [-0.25, -0.2) is 0 Å². The minimum Gasteiger partial charge on any atom is -0.506 e. The van der Waals surface area contributed by atoms with Gasteiger partial charge >= 0.3 is 0 Å². The summed E-state index contributed by atoms with van der Waals surface area (Å²) in [4.78, 5) is 75.0. The van der Waals surface area contributed by atoms with E-state index in [1.165, 1.54) is 4.90 Å². The number of carbonyl (C=O) groups excluding carboxylic acids is 5. The average molecular weight is 638 g/mol. The third-order valence-electron chi connectivity index (χ3n) is 9.80.